The monoisotopic (exact) mass is 473 g/mol. The number of pyridine rings is 1. The Hall–Kier alpha value is -4.13. The summed E-state index contributed by atoms with van der Waals surface area (Å²) in [6, 6.07) is 7.65. The van der Waals surface area contributed by atoms with Crippen LogP contribution in [0.3, 0.4) is 0 Å². The number of fused-ring (bicyclic) bond motifs is 1. The summed E-state index contributed by atoms with van der Waals surface area (Å²) in [5.74, 6) is -0.235. The number of anilines is 1. The first-order chi connectivity index (χ1) is 16.7. The minimum Gasteiger partial charge on any atom is -0.481 e. The van der Waals surface area contributed by atoms with Crippen LogP contribution in [0.15, 0.2) is 36.8 Å². The number of carbonyl (C=O) groups is 2. The van der Waals surface area contributed by atoms with Crippen molar-refractivity contribution >= 4 is 23.0 Å². The standard InChI is InChI=1S/C25H27N7O3/c1-24(2)14-31(23(34)25(13-26)6-7-25)12-19(24)30-20-17(21(27)33)10-29-32-11-15(9-18(20)32)16-5-4-8-28-22(16)35-3/h4-5,8-11,19,30H,6-7,12,14H2,1-3H3,(H2,27,33). The third kappa shape index (κ3) is 3.73. The van der Waals surface area contributed by atoms with Gasteiger partial charge in [0, 0.05) is 42.0 Å². The van der Waals surface area contributed by atoms with Crippen molar-refractivity contribution in [1.82, 2.24) is 19.5 Å². The van der Waals surface area contributed by atoms with E-state index >= 15 is 0 Å². The number of nitrogens with one attached hydrogen (secondary N) is 1. The van der Waals surface area contributed by atoms with Gasteiger partial charge >= 0.3 is 0 Å². The summed E-state index contributed by atoms with van der Waals surface area (Å²) in [5.41, 5.74) is 7.62. The van der Waals surface area contributed by atoms with E-state index in [1.165, 1.54) is 6.20 Å². The fourth-order valence-electron chi connectivity index (χ4n) is 4.82. The van der Waals surface area contributed by atoms with Crippen molar-refractivity contribution < 1.29 is 14.3 Å². The number of hydrogen-bond acceptors (Lipinski definition) is 7. The number of hydrogen-bond donors (Lipinski definition) is 2. The number of nitrogens with zero attached hydrogens (tertiary/aromatic N) is 5. The molecule has 10 nitrogen and oxygen atoms in total. The van der Waals surface area contributed by atoms with E-state index in [0.717, 1.165) is 11.1 Å². The number of amides is 2. The van der Waals surface area contributed by atoms with E-state index in [1.807, 2.05) is 24.4 Å². The SMILES string of the molecule is COc1ncccc1-c1cc2c(NC3CN(C(=O)C4(C#N)CC4)CC3(C)C)c(C(N)=O)cnn2c1. The van der Waals surface area contributed by atoms with Gasteiger partial charge in [-0.3, -0.25) is 9.59 Å². The maximum Gasteiger partial charge on any atom is 0.252 e. The number of carbonyl (C=O) groups excluding carboxylic acids is 2. The van der Waals surface area contributed by atoms with E-state index in [2.05, 4.69) is 35.3 Å². The molecule has 1 saturated carbocycles. The van der Waals surface area contributed by atoms with Gasteiger partial charge in [-0.05, 0) is 31.0 Å². The highest BCUT2D eigenvalue weighted by atomic mass is 16.5. The lowest BCUT2D eigenvalue weighted by Gasteiger charge is -2.28. The molecule has 35 heavy (non-hydrogen) atoms. The Balaban J connectivity index is 1.53. The Morgan fingerprint density at radius 3 is 2.77 bits per heavy atom. The second-order valence-corrected chi connectivity index (χ2v) is 9.98. The van der Waals surface area contributed by atoms with Crippen molar-refractivity contribution in [2.45, 2.75) is 32.7 Å². The summed E-state index contributed by atoms with van der Waals surface area (Å²) in [7, 11) is 1.56. The Morgan fingerprint density at radius 1 is 1.34 bits per heavy atom. The number of rotatable bonds is 6. The van der Waals surface area contributed by atoms with Crippen LogP contribution in [0.2, 0.25) is 0 Å². The molecule has 0 aromatic carbocycles. The van der Waals surface area contributed by atoms with Gasteiger partial charge in [-0.15, -0.1) is 0 Å². The Kier molecular flexibility index (Phi) is 5.16. The number of likely N-dealkylation sites (tertiary alicyclic amines) is 1. The van der Waals surface area contributed by atoms with Gasteiger partial charge in [-0.1, -0.05) is 13.8 Å². The summed E-state index contributed by atoms with van der Waals surface area (Å²) in [5, 5.41) is 17.4. The summed E-state index contributed by atoms with van der Waals surface area (Å²) >= 11 is 0. The maximum atomic E-state index is 13.0. The molecule has 10 heteroatoms. The highest BCUT2D eigenvalue weighted by Gasteiger charge is 2.55. The van der Waals surface area contributed by atoms with Crippen molar-refractivity contribution in [2.24, 2.45) is 16.6 Å². The minimum absolute atomic E-state index is 0.110. The molecule has 5 rings (SSSR count). The Morgan fingerprint density at radius 2 is 2.11 bits per heavy atom. The summed E-state index contributed by atoms with van der Waals surface area (Å²) in [4.78, 5) is 31.4. The zero-order valence-corrected chi connectivity index (χ0v) is 19.9. The van der Waals surface area contributed by atoms with E-state index in [4.69, 9.17) is 10.5 Å². The van der Waals surface area contributed by atoms with Crippen LogP contribution in [0.5, 0.6) is 5.88 Å². The second-order valence-electron chi connectivity index (χ2n) is 9.98. The number of nitriles is 1. The first kappa shape index (κ1) is 22.7. The van der Waals surface area contributed by atoms with E-state index in [-0.39, 0.29) is 22.9 Å². The predicted molar refractivity (Wildman–Crippen MR) is 129 cm³/mol. The van der Waals surface area contributed by atoms with Crippen LogP contribution in [0.25, 0.3) is 16.6 Å². The molecule has 3 aromatic rings. The number of primary amides is 1. The molecule has 180 valence electrons. The third-order valence-electron chi connectivity index (χ3n) is 7.10. The van der Waals surface area contributed by atoms with Gasteiger partial charge in [0.2, 0.25) is 11.8 Å². The molecule has 2 aliphatic rings. The topological polar surface area (TPSA) is 139 Å². The molecule has 1 aliphatic heterocycles. The Labute approximate surface area is 202 Å². The summed E-state index contributed by atoms with van der Waals surface area (Å²) in [6.45, 7) is 5.07. The smallest absolute Gasteiger partial charge is 0.252 e. The molecule has 0 bridgehead atoms. The van der Waals surface area contributed by atoms with Crippen molar-refractivity contribution in [3.8, 4) is 23.1 Å². The minimum atomic E-state index is -0.869. The molecule has 3 aromatic heterocycles. The summed E-state index contributed by atoms with van der Waals surface area (Å²) in [6.07, 6.45) is 6.16. The average molecular weight is 474 g/mol. The third-order valence-corrected chi connectivity index (χ3v) is 7.10. The van der Waals surface area contributed by atoms with Crippen LogP contribution in [0, 0.1) is 22.2 Å². The molecule has 3 N–H and O–H groups in total. The number of nitrogens with two attached hydrogens (primary N) is 1. The molecule has 1 unspecified atom stereocenters. The lowest BCUT2D eigenvalue weighted by atomic mass is 9.87. The molecule has 0 spiro atoms. The van der Waals surface area contributed by atoms with Gasteiger partial charge in [-0.25, -0.2) is 9.50 Å². The predicted octanol–water partition coefficient (Wildman–Crippen LogP) is 2.46. The molecule has 0 radical (unpaired) electrons. The highest BCUT2D eigenvalue weighted by molar-refractivity contribution is 6.02. The first-order valence-electron chi connectivity index (χ1n) is 11.5. The molecule has 4 heterocycles. The largest absolute Gasteiger partial charge is 0.481 e. The molecule has 2 amide bonds. The van der Waals surface area contributed by atoms with Crippen molar-refractivity contribution in [3.63, 3.8) is 0 Å². The first-order valence-corrected chi connectivity index (χ1v) is 11.5. The average Bonchev–Trinajstić information content (AvgIpc) is 3.43. The van der Waals surface area contributed by atoms with Crippen molar-refractivity contribution in [1.29, 1.82) is 5.26 Å². The fraction of sp³-hybridized carbons (Fsp3) is 0.400. The summed E-state index contributed by atoms with van der Waals surface area (Å²) < 4.78 is 7.08. The van der Waals surface area contributed by atoms with E-state index in [1.54, 1.807) is 22.7 Å². The highest BCUT2D eigenvalue weighted by Crippen LogP contribution is 2.48. The number of methoxy groups -OCH3 is 1. The molecule has 1 saturated heterocycles. The Bertz CT molecular complexity index is 1380. The van der Waals surface area contributed by atoms with Gasteiger partial charge in [0.15, 0.2) is 0 Å². The second kappa shape index (κ2) is 7.98. The van der Waals surface area contributed by atoms with Crippen LogP contribution in [0.4, 0.5) is 5.69 Å². The zero-order chi connectivity index (χ0) is 25.0. The van der Waals surface area contributed by atoms with Crippen LogP contribution >= 0.6 is 0 Å². The van der Waals surface area contributed by atoms with Crippen molar-refractivity contribution in [2.75, 3.05) is 25.5 Å². The van der Waals surface area contributed by atoms with Crippen LogP contribution < -0.4 is 15.8 Å². The van der Waals surface area contributed by atoms with Crippen LogP contribution in [-0.4, -0.2) is 57.6 Å². The quantitative estimate of drug-likeness (QED) is 0.561. The van der Waals surface area contributed by atoms with Gasteiger partial charge in [-0.2, -0.15) is 10.4 Å². The zero-order valence-electron chi connectivity index (χ0n) is 19.9. The lowest BCUT2D eigenvalue weighted by molar-refractivity contribution is -0.134. The van der Waals surface area contributed by atoms with E-state index < -0.39 is 11.3 Å². The number of aromatic nitrogens is 3. The molecule has 1 aliphatic carbocycles. The molecular formula is C25H27N7O3. The molecule has 1 atom stereocenters. The van der Waals surface area contributed by atoms with Crippen molar-refractivity contribution in [3.05, 3.63) is 42.4 Å². The van der Waals surface area contributed by atoms with Crippen LogP contribution in [-0.2, 0) is 4.79 Å². The lowest BCUT2D eigenvalue weighted by Crippen LogP contribution is -2.37. The van der Waals surface area contributed by atoms with E-state index in [9.17, 15) is 14.9 Å². The number of ether oxygens (including phenoxy) is 1. The molecular weight excluding hydrogens is 446 g/mol. The van der Waals surface area contributed by atoms with Gasteiger partial charge in [0.25, 0.3) is 5.91 Å². The van der Waals surface area contributed by atoms with Gasteiger partial charge < -0.3 is 20.7 Å². The van der Waals surface area contributed by atoms with Gasteiger partial charge in [0.1, 0.15) is 5.41 Å². The normalized spacial score (nSPS) is 19.8. The van der Waals surface area contributed by atoms with E-state index in [0.29, 0.717) is 43.0 Å². The molecule has 2 fully saturated rings. The maximum absolute atomic E-state index is 13.0. The van der Waals surface area contributed by atoms with Crippen LogP contribution in [0.1, 0.15) is 37.0 Å². The van der Waals surface area contributed by atoms with Gasteiger partial charge in [0.05, 0.1) is 42.2 Å². The fourth-order valence-corrected chi connectivity index (χ4v) is 4.82.